The first-order chi connectivity index (χ1) is 14.2. The van der Waals surface area contributed by atoms with Crippen molar-refractivity contribution in [3.8, 4) is 11.1 Å². The van der Waals surface area contributed by atoms with Crippen LogP contribution in [0.5, 0.6) is 0 Å². The van der Waals surface area contributed by atoms with Crippen LogP contribution in [0.1, 0.15) is 19.5 Å². The molecule has 0 atom stereocenters. The van der Waals surface area contributed by atoms with Crippen LogP contribution >= 0.6 is 46.3 Å². The molecule has 6 nitrogen and oxygen atoms in total. The summed E-state index contributed by atoms with van der Waals surface area (Å²) in [6.45, 7) is 4.03. The third kappa shape index (κ3) is 5.63. The molecule has 0 saturated carbocycles. The molecule has 3 rings (SSSR count). The number of rotatable bonds is 8. The largest absolute Gasteiger partial charge is 0.480 e. The SMILES string of the molecule is CN(CCc1csc(SC(C)(C)C(=O)O)n1)c1ncc(-c2ccc(Cl)cc2Cl)cn1. The third-order valence-corrected chi connectivity index (χ3v) is 7.03. The third-order valence-electron chi connectivity index (χ3n) is 4.31. The maximum atomic E-state index is 11.3. The van der Waals surface area contributed by atoms with Crippen LogP contribution in [0.15, 0.2) is 40.3 Å². The topological polar surface area (TPSA) is 79.2 Å². The van der Waals surface area contributed by atoms with Crippen LogP contribution in [0.4, 0.5) is 5.95 Å². The molecule has 0 radical (unpaired) electrons. The highest BCUT2D eigenvalue weighted by molar-refractivity contribution is 8.03. The number of carboxylic acids is 1. The van der Waals surface area contributed by atoms with Crippen molar-refractivity contribution < 1.29 is 9.90 Å². The van der Waals surface area contributed by atoms with Crippen molar-refractivity contribution in [3.63, 3.8) is 0 Å². The van der Waals surface area contributed by atoms with E-state index in [2.05, 4.69) is 15.0 Å². The molecule has 0 amide bonds. The Kier molecular flexibility index (Phi) is 7.23. The van der Waals surface area contributed by atoms with Gasteiger partial charge < -0.3 is 10.0 Å². The Labute approximate surface area is 193 Å². The number of aromatic nitrogens is 3. The smallest absolute Gasteiger partial charge is 0.319 e. The number of thioether (sulfide) groups is 1. The van der Waals surface area contributed by atoms with E-state index in [-0.39, 0.29) is 0 Å². The Balaban J connectivity index is 1.60. The summed E-state index contributed by atoms with van der Waals surface area (Å²) in [4.78, 5) is 26.6. The number of carbonyl (C=O) groups is 1. The van der Waals surface area contributed by atoms with Gasteiger partial charge in [0, 0.05) is 59.0 Å². The molecular weight excluding hydrogens is 463 g/mol. The zero-order chi connectivity index (χ0) is 21.9. The minimum absolute atomic E-state index is 0.551. The van der Waals surface area contributed by atoms with Gasteiger partial charge in [-0.3, -0.25) is 4.79 Å². The van der Waals surface area contributed by atoms with E-state index in [1.807, 2.05) is 23.4 Å². The van der Waals surface area contributed by atoms with Crippen molar-refractivity contribution in [2.75, 3.05) is 18.5 Å². The number of carboxylic acid groups (broad SMARTS) is 1. The molecule has 0 aliphatic heterocycles. The molecule has 0 aliphatic carbocycles. The molecule has 2 heterocycles. The number of likely N-dealkylation sites (N-methyl/N-ethyl adjacent to an activating group) is 1. The Bertz CT molecular complexity index is 1040. The Morgan fingerprint density at radius 3 is 2.60 bits per heavy atom. The summed E-state index contributed by atoms with van der Waals surface area (Å²) >= 11 is 14.9. The van der Waals surface area contributed by atoms with Gasteiger partial charge in [0.25, 0.3) is 0 Å². The lowest BCUT2D eigenvalue weighted by Crippen LogP contribution is -2.26. The van der Waals surface area contributed by atoms with Crippen molar-refractivity contribution in [3.05, 3.63) is 51.7 Å². The summed E-state index contributed by atoms with van der Waals surface area (Å²) in [5.41, 5.74) is 2.56. The monoisotopic (exact) mass is 482 g/mol. The highest BCUT2D eigenvalue weighted by atomic mass is 35.5. The van der Waals surface area contributed by atoms with Crippen LogP contribution in [-0.2, 0) is 11.2 Å². The molecule has 0 aliphatic rings. The van der Waals surface area contributed by atoms with Gasteiger partial charge in [0.05, 0.1) is 5.69 Å². The summed E-state index contributed by atoms with van der Waals surface area (Å²) in [5, 5.41) is 12.3. The minimum atomic E-state index is -0.908. The number of thiazole rings is 1. The minimum Gasteiger partial charge on any atom is -0.480 e. The standard InChI is InChI=1S/C20H20Cl2N4O2S2/c1-20(2,17(27)28)30-19-25-14(11-29-19)6-7-26(3)18-23-9-12(10-24-18)15-5-4-13(21)8-16(15)22/h4-5,8-11H,6-7H2,1-3H3,(H,27,28). The second-order valence-corrected chi connectivity index (χ2v) is 10.7. The van der Waals surface area contributed by atoms with Crippen LogP contribution in [0.3, 0.4) is 0 Å². The van der Waals surface area contributed by atoms with E-state index in [1.165, 1.54) is 23.1 Å². The van der Waals surface area contributed by atoms with Crippen molar-refractivity contribution >= 4 is 58.2 Å². The van der Waals surface area contributed by atoms with Gasteiger partial charge in [-0.1, -0.05) is 41.0 Å². The predicted molar refractivity (Wildman–Crippen MR) is 124 cm³/mol. The van der Waals surface area contributed by atoms with E-state index in [0.29, 0.717) is 29.0 Å². The molecule has 0 unspecified atom stereocenters. The Morgan fingerprint density at radius 1 is 1.27 bits per heavy atom. The Morgan fingerprint density at radius 2 is 1.97 bits per heavy atom. The predicted octanol–water partition coefficient (Wildman–Crippen LogP) is 5.54. The van der Waals surface area contributed by atoms with Crippen molar-refractivity contribution in [1.82, 2.24) is 15.0 Å². The number of aliphatic carboxylic acids is 1. The number of halogens is 2. The van der Waals surface area contributed by atoms with Gasteiger partial charge in [0.1, 0.15) is 4.75 Å². The maximum Gasteiger partial charge on any atom is 0.319 e. The second-order valence-electron chi connectivity index (χ2n) is 7.09. The van der Waals surface area contributed by atoms with Crippen LogP contribution in [-0.4, -0.2) is 44.4 Å². The number of hydrogen-bond donors (Lipinski definition) is 1. The van der Waals surface area contributed by atoms with Crippen LogP contribution in [0, 0.1) is 0 Å². The van der Waals surface area contributed by atoms with Gasteiger partial charge in [0.2, 0.25) is 5.95 Å². The van der Waals surface area contributed by atoms with Crippen molar-refractivity contribution in [2.45, 2.75) is 29.4 Å². The molecule has 30 heavy (non-hydrogen) atoms. The number of hydrogen-bond acceptors (Lipinski definition) is 7. The lowest BCUT2D eigenvalue weighted by atomic mass is 10.1. The molecule has 1 aromatic carbocycles. The molecule has 10 heteroatoms. The van der Waals surface area contributed by atoms with E-state index in [9.17, 15) is 9.90 Å². The van der Waals surface area contributed by atoms with Crippen LogP contribution in [0.25, 0.3) is 11.1 Å². The fourth-order valence-electron chi connectivity index (χ4n) is 2.48. The molecule has 0 spiro atoms. The zero-order valence-corrected chi connectivity index (χ0v) is 19.7. The molecule has 2 aromatic heterocycles. The van der Waals surface area contributed by atoms with Crippen LogP contribution < -0.4 is 4.90 Å². The number of anilines is 1. The second kappa shape index (κ2) is 9.51. The van der Waals surface area contributed by atoms with Gasteiger partial charge in [-0.15, -0.1) is 11.3 Å². The van der Waals surface area contributed by atoms with Crippen LogP contribution in [0.2, 0.25) is 10.0 Å². The summed E-state index contributed by atoms with van der Waals surface area (Å²) < 4.78 is -0.158. The van der Waals surface area contributed by atoms with Gasteiger partial charge in [-0.2, -0.15) is 0 Å². The summed E-state index contributed by atoms with van der Waals surface area (Å²) in [5.74, 6) is -0.259. The fourth-order valence-corrected chi connectivity index (χ4v) is 5.22. The first-order valence-electron chi connectivity index (χ1n) is 9.01. The molecule has 158 valence electrons. The quantitative estimate of drug-likeness (QED) is 0.422. The summed E-state index contributed by atoms with van der Waals surface area (Å²) in [6.07, 6.45) is 4.17. The zero-order valence-electron chi connectivity index (χ0n) is 16.6. The molecule has 0 bridgehead atoms. The lowest BCUT2D eigenvalue weighted by molar-refractivity contribution is -0.138. The van der Waals surface area contributed by atoms with E-state index < -0.39 is 10.7 Å². The average molecular weight is 483 g/mol. The first-order valence-corrected chi connectivity index (χ1v) is 11.5. The van der Waals surface area contributed by atoms with E-state index in [4.69, 9.17) is 23.2 Å². The van der Waals surface area contributed by atoms with Gasteiger partial charge in [0.15, 0.2) is 4.34 Å². The molecule has 3 aromatic rings. The van der Waals surface area contributed by atoms with Gasteiger partial charge >= 0.3 is 5.97 Å². The van der Waals surface area contributed by atoms with Crippen molar-refractivity contribution in [1.29, 1.82) is 0 Å². The molecule has 0 saturated heterocycles. The van der Waals surface area contributed by atoms with Gasteiger partial charge in [-0.25, -0.2) is 15.0 Å². The number of benzene rings is 1. The molecular formula is C20H20Cl2N4O2S2. The lowest BCUT2D eigenvalue weighted by Gasteiger charge is -2.17. The Hall–Kier alpha value is -1.87. The van der Waals surface area contributed by atoms with E-state index in [0.717, 1.165) is 21.2 Å². The fraction of sp³-hybridized carbons (Fsp3) is 0.300. The molecule has 0 fully saturated rings. The van der Waals surface area contributed by atoms with E-state index in [1.54, 1.807) is 38.4 Å². The highest BCUT2D eigenvalue weighted by Crippen LogP contribution is 2.35. The molecule has 1 N–H and O–H groups in total. The maximum absolute atomic E-state index is 11.3. The summed E-state index contributed by atoms with van der Waals surface area (Å²) in [7, 11) is 1.92. The number of nitrogens with zero attached hydrogens (tertiary/aromatic N) is 4. The average Bonchev–Trinajstić information content (AvgIpc) is 3.13. The van der Waals surface area contributed by atoms with Gasteiger partial charge in [-0.05, 0) is 26.0 Å². The van der Waals surface area contributed by atoms with Crippen molar-refractivity contribution in [2.24, 2.45) is 0 Å². The summed E-state index contributed by atoms with van der Waals surface area (Å²) in [6, 6.07) is 5.31. The normalized spacial score (nSPS) is 11.5. The van der Waals surface area contributed by atoms with E-state index >= 15 is 0 Å². The highest BCUT2D eigenvalue weighted by Gasteiger charge is 2.29. The first kappa shape index (κ1) is 22.8.